The van der Waals surface area contributed by atoms with Crippen molar-refractivity contribution in [1.29, 1.82) is 0 Å². The van der Waals surface area contributed by atoms with Gasteiger partial charge in [-0.3, -0.25) is 14.4 Å². The first kappa shape index (κ1) is 30.9. The zero-order valence-corrected chi connectivity index (χ0v) is 23.8. The number of anilines is 2. The number of amides is 3. The number of imidazole rings is 1. The molecule has 8 nitrogen and oxygen atoms in total. The van der Waals surface area contributed by atoms with Gasteiger partial charge in [-0.05, 0) is 61.7 Å². The molecule has 4 aromatic rings. The Morgan fingerprint density at radius 1 is 0.976 bits per heavy atom. The molecule has 42 heavy (non-hydrogen) atoms. The molecular formula is C29H26Cl2F3N5O3. The number of benzene rings is 3. The summed E-state index contributed by atoms with van der Waals surface area (Å²) in [5.41, 5.74) is 0.0876. The van der Waals surface area contributed by atoms with E-state index in [1.165, 1.54) is 24.3 Å². The number of aromatic amines is 1. The smallest absolute Gasteiger partial charge is 0.342 e. The molecule has 2 heterocycles. The van der Waals surface area contributed by atoms with Gasteiger partial charge in [-0.1, -0.05) is 29.8 Å². The number of hydrogen-bond donors (Lipinski definition) is 3. The molecule has 0 atom stereocenters. The Bertz CT molecular complexity index is 1670. The number of rotatable bonds is 6. The number of alkyl halides is 3. The Hall–Kier alpha value is -4.09. The number of aromatic nitrogens is 2. The molecule has 1 aromatic heterocycles. The van der Waals surface area contributed by atoms with Gasteiger partial charge in [-0.25, -0.2) is 4.98 Å². The van der Waals surface area contributed by atoms with Crippen LogP contribution in [0.15, 0.2) is 54.6 Å². The van der Waals surface area contributed by atoms with Crippen LogP contribution in [-0.4, -0.2) is 45.7 Å². The second kappa shape index (κ2) is 12.4. The zero-order valence-electron chi connectivity index (χ0n) is 22.3. The van der Waals surface area contributed by atoms with Gasteiger partial charge in [-0.2, -0.15) is 13.2 Å². The van der Waals surface area contributed by atoms with Gasteiger partial charge >= 0.3 is 6.18 Å². The topological polar surface area (TPSA) is 107 Å². The Morgan fingerprint density at radius 2 is 1.67 bits per heavy atom. The standard InChI is InChI=1S/C29H25ClF3N5O3.ClH/c1-16-21(30)9-6-10-22(16)36-28(41)19-13-17(34-27(40)18-7-2-3-8-20(18)29(31,32)33)14-23-26(19)37-24(35-23)15-25(39)38-11-4-5-12-38;/h2-3,6-10,13-14H,4-5,11-12,15H2,1H3,(H,34,40)(H,35,37)(H,36,41);1H. The zero-order chi connectivity index (χ0) is 29.3. The fourth-order valence-electron chi connectivity index (χ4n) is 4.78. The number of hydrogen-bond acceptors (Lipinski definition) is 4. The van der Waals surface area contributed by atoms with Crippen molar-refractivity contribution >= 4 is 64.1 Å². The van der Waals surface area contributed by atoms with Gasteiger partial charge < -0.3 is 20.5 Å². The van der Waals surface area contributed by atoms with Crippen LogP contribution in [0.25, 0.3) is 11.0 Å². The van der Waals surface area contributed by atoms with Crippen LogP contribution in [0.5, 0.6) is 0 Å². The van der Waals surface area contributed by atoms with Gasteiger partial charge in [-0.15, -0.1) is 12.4 Å². The minimum atomic E-state index is -4.74. The van der Waals surface area contributed by atoms with E-state index < -0.39 is 29.1 Å². The van der Waals surface area contributed by atoms with Crippen LogP contribution in [0.3, 0.4) is 0 Å². The summed E-state index contributed by atoms with van der Waals surface area (Å²) in [5, 5.41) is 5.70. The highest BCUT2D eigenvalue weighted by molar-refractivity contribution is 6.31. The molecule has 1 aliphatic rings. The van der Waals surface area contributed by atoms with Crippen LogP contribution >= 0.6 is 24.0 Å². The Labute approximate surface area is 250 Å². The quantitative estimate of drug-likeness (QED) is 0.225. The van der Waals surface area contributed by atoms with E-state index in [0.717, 1.165) is 25.0 Å². The summed E-state index contributed by atoms with van der Waals surface area (Å²) in [6, 6.07) is 12.2. The van der Waals surface area contributed by atoms with Crippen LogP contribution in [0.1, 0.15) is 50.5 Å². The molecule has 13 heteroatoms. The Morgan fingerprint density at radius 3 is 2.38 bits per heavy atom. The summed E-state index contributed by atoms with van der Waals surface area (Å²) in [5.74, 6) is -1.38. The summed E-state index contributed by atoms with van der Waals surface area (Å²) in [7, 11) is 0. The van der Waals surface area contributed by atoms with E-state index >= 15 is 0 Å². The van der Waals surface area contributed by atoms with E-state index in [1.54, 1.807) is 30.0 Å². The number of likely N-dealkylation sites (tertiary alicyclic amines) is 1. The van der Waals surface area contributed by atoms with Crippen LogP contribution in [0.2, 0.25) is 5.02 Å². The third-order valence-corrected chi connectivity index (χ3v) is 7.32. The highest BCUT2D eigenvalue weighted by Gasteiger charge is 2.35. The van der Waals surface area contributed by atoms with Crippen LogP contribution in [0.4, 0.5) is 24.5 Å². The van der Waals surface area contributed by atoms with Crippen molar-refractivity contribution in [3.8, 4) is 0 Å². The first-order valence-corrected chi connectivity index (χ1v) is 13.2. The number of H-pyrrole nitrogens is 1. The van der Waals surface area contributed by atoms with E-state index in [4.69, 9.17) is 11.6 Å². The maximum Gasteiger partial charge on any atom is 0.417 e. The lowest BCUT2D eigenvalue weighted by molar-refractivity contribution is -0.138. The normalized spacial score (nSPS) is 13.1. The van der Waals surface area contributed by atoms with Gasteiger partial charge in [0.1, 0.15) is 11.3 Å². The monoisotopic (exact) mass is 619 g/mol. The molecule has 1 fully saturated rings. The molecular weight excluding hydrogens is 594 g/mol. The van der Waals surface area contributed by atoms with Gasteiger partial charge in [0, 0.05) is 29.5 Å². The second-order valence-electron chi connectivity index (χ2n) is 9.73. The van der Waals surface area contributed by atoms with Crippen molar-refractivity contribution < 1.29 is 27.6 Å². The van der Waals surface area contributed by atoms with E-state index in [1.807, 2.05) is 0 Å². The minimum Gasteiger partial charge on any atom is -0.342 e. The van der Waals surface area contributed by atoms with Crippen molar-refractivity contribution in [3.63, 3.8) is 0 Å². The molecule has 0 saturated carbocycles. The highest BCUT2D eigenvalue weighted by Crippen LogP contribution is 2.33. The first-order chi connectivity index (χ1) is 19.5. The maximum atomic E-state index is 13.5. The first-order valence-electron chi connectivity index (χ1n) is 12.9. The number of halogens is 5. The molecule has 1 saturated heterocycles. The predicted molar refractivity (Wildman–Crippen MR) is 156 cm³/mol. The van der Waals surface area contributed by atoms with E-state index in [2.05, 4.69) is 20.6 Å². The Balaban J connectivity index is 0.00000405. The highest BCUT2D eigenvalue weighted by atomic mass is 35.5. The number of nitrogens with zero attached hydrogens (tertiary/aromatic N) is 2. The summed E-state index contributed by atoms with van der Waals surface area (Å²) < 4.78 is 40.6. The van der Waals surface area contributed by atoms with E-state index in [-0.39, 0.29) is 41.5 Å². The minimum absolute atomic E-state index is 0. The molecule has 1 aliphatic heterocycles. The average molecular weight is 620 g/mol. The summed E-state index contributed by atoms with van der Waals surface area (Å²) in [6.07, 6.45) is -2.90. The molecule has 0 spiro atoms. The van der Waals surface area contributed by atoms with Gasteiger partial charge in [0.25, 0.3) is 11.8 Å². The van der Waals surface area contributed by atoms with Crippen molar-refractivity contribution in [2.45, 2.75) is 32.4 Å². The number of nitrogens with one attached hydrogen (secondary N) is 3. The van der Waals surface area contributed by atoms with Crippen molar-refractivity contribution in [2.24, 2.45) is 0 Å². The lowest BCUT2D eigenvalue weighted by atomic mass is 10.1. The molecule has 3 N–H and O–H groups in total. The molecule has 0 aliphatic carbocycles. The molecule has 220 valence electrons. The summed E-state index contributed by atoms with van der Waals surface area (Å²) in [6.45, 7) is 3.07. The summed E-state index contributed by atoms with van der Waals surface area (Å²) >= 11 is 6.20. The molecule has 0 bridgehead atoms. The average Bonchev–Trinajstić information content (AvgIpc) is 3.60. The van der Waals surface area contributed by atoms with Gasteiger partial charge in [0.05, 0.1) is 28.6 Å². The van der Waals surface area contributed by atoms with Crippen LogP contribution in [0, 0.1) is 6.92 Å². The van der Waals surface area contributed by atoms with Gasteiger partial charge in [0.2, 0.25) is 5.91 Å². The third kappa shape index (κ3) is 6.52. The number of fused-ring (bicyclic) bond motifs is 1. The van der Waals surface area contributed by atoms with Crippen molar-refractivity contribution in [2.75, 3.05) is 23.7 Å². The molecule has 0 unspecified atom stereocenters. The third-order valence-electron chi connectivity index (χ3n) is 6.91. The lowest BCUT2D eigenvalue weighted by Gasteiger charge is -2.14. The van der Waals surface area contributed by atoms with E-state index in [0.29, 0.717) is 40.7 Å². The second-order valence-corrected chi connectivity index (χ2v) is 10.1. The van der Waals surface area contributed by atoms with Crippen LogP contribution in [-0.2, 0) is 17.4 Å². The molecule has 3 amide bonds. The van der Waals surface area contributed by atoms with E-state index in [9.17, 15) is 27.6 Å². The predicted octanol–water partition coefficient (Wildman–Crippen LogP) is 6.63. The SMILES string of the molecule is Cc1c(Cl)cccc1NC(=O)c1cc(NC(=O)c2ccccc2C(F)(F)F)cc2[nH]c(CC(=O)N3CCCC3)nc12.Cl. The summed E-state index contributed by atoms with van der Waals surface area (Å²) in [4.78, 5) is 48.4. The fraction of sp³-hybridized carbons (Fsp3) is 0.241. The number of carbonyl (C=O) groups is 3. The lowest BCUT2D eigenvalue weighted by Crippen LogP contribution is -2.29. The molecule has 5 rings (SSSR count). The van der Waals surface area contributed by atoms with Crippen molar-refractivity contribution in [1.82, 2.24) is 14.9 Å². The maximum absolute atomic E-state index is 13.5. The molecule has 0 radical (unpaired) electrons. The molecule has 3 aromatic carbocycles. The fourth-order valence-corrected chi connectivity index (χ4v) is 4.95. The van der Waals surface area contributed by atoms with Crippen LogP contribution < -0.4 is 10.6 Å². The van der Waals surface area contributed by atoms with Gasteiger partial charge in [0.15, 0.2) is 0 Å². The Kier molecular flexibility index (Phi) is 9.12. The largest absolute Gasteiger partial charge is 0.417 e. The number of carbonyl (C=O) groups excluding carboxylic acids is 3. The van der Waals surface area contributed by atoms with Crippen molar-refractivity contribution in [3.05, 3.63) is 87.7 Å².